The number of carbonyl (C=O) groups is 1. The molecule has 0 aliphatic rings. The second-order valence-electron chi connectivity index (χ2n) is 11.1. The van der Waals surface area contributed by atoms with Crippen LogP contribution in [-0.2, 0) is 18.4 Å². The van der Waals surface area contributed by atoms with Crippen molar-refractivity contribution in [1.82, 2.24) is 34.7 Å². The fraction of sp³-hybridized carbons (Fsp3) is 0.290. The molecule has 2 aromatic carbocycles. The van der Waals surface area contributed by atoms with Gasteiger partial charge in [0.25, 0.3) is 0 Å². The summed E-state index contributed by atoms with van der Waals surface area (Å²) in [5.41, 5.74) is 4.87. The first-order valence-electron chi connectivity index (χ1n) is 13.7. The van der Waals surface area contributed by atoms with Gasteiger partial charge in [0.15, 0.2) is 5.82 Å². The molecule has 210 valence electrons. The van der Waals surface area contributed by atoms with Crippen LogP contribution in [0.1, 0.15) is 67.8 Å². The summed E-state index contributed by atoms with van der Waals surface area (Å²) in [7, 11) is 0. The fourth-order valence-electron chi connectivity index (χ4n) is 5.05. The first-order valence-corrected chi connectivity index (χ1v) is 13.7. The molecule has 3 aromatic heterocycles. The zero-order valence-electron chi connectivity index (χ0n) is 23.6. The zero-order chi connectivity index (χ0) is 29.1. The van der Waals surface area contributed by atoms with Crippen molar-refractivity contribution >= 4 is 5.97 Å². The standard InChI is InChI=1S/C31H33N7O3/c1-5-6-10-22-19-38(27-25(29(39)40)13-9-14-26(27)31(2,3)4)30(41)37(22)18-21-16-15-20(17-32-21)23-11-7-8-12-24(23)28-33-35-36-34-28/h7-9,11-17,19H,5-6,10,18H2,1-4H3,(H,39,40)(H,33,34,35,36). The number of tetrazole rings is 1. The maximum Gasteiger partial charge on any atom is 0.337 e. The lowest BCUT2D eigenvalue weighted by molar-refractivity contribution is 0.0696. The van der Waals surface area contributed by atoms with Crippen LogP contribution in [0.15, 0.2) is 71.8 Å². The number of hydrogen-bond donors (Lipinski definition) is 2. The van der Waals surface area contributed by atoms with E-state index in [4.69, 9.17) is 4.98 Å². The van der Waals surface area contributed by atoms with Crippen LogP contribution < -0.4 is 5.69 Å². The minimum absolute atomic E-state index is 0.0989. The number of H-pyrrole nitrogens is 1. The number of rotatable bonds is 9. The van der Waals surface area contributed by atoms with E-state index in [0.717, 1.165) is 40.8 Å². The number of nitrogens with one attached hydrogen (secondary N) is 1. The van der Waals surface area contributed by atoms with Crippen molar-refractivity contribution < 1.29 is 9.90 Å². The largest absolute Gasteiger partial charge is 0.478 e. The average Bonchev–Trinajstić information content (AvgIpc) is 3.60. The monoisotopic (exact) mass is 551 g/mol. The van der Waals surface area contributed by atoms with E-state index in [9.17, 15) is 14.7 Å². The summed E-state index contributed by atoms with van der Waals surface area (Å²) >= 11 is 0. The van der Waals surface area contributed by atoms with Crippen LogP contribution in [0.2, 0.25) is 0 Å². The first kappa shape index (κ1) is 27.7. The number of hydrogen-bond acceptors (Lipinski definition) is 6. The molecular weight excluding hydrogens is 518 g/mol. The summed E-state index contributed by atoms with van der Waals surface area (Å²) in [5, 5.41) is 24.2. The van der Waals surface area contributed by atoms with Crippen LogP contribution in [0, 0.1) is 0 Å². The topological polar surface area (TPSA) is 132 Å². The quantitative estimate of drug-likeness (QED) is 0.255. The number of imidazole rings is 1. The maximum absolute atomic E-state index is 14.0. The third kappa shape index (κ3) is 5.58. The molecule has 0 bridgehead atoms. The Morgan fingerprint density at radius 1 is 1.02 bits per heavy atom. The van der Waals surface area contributed by atoms with E-state index >= 15 is 0 Å². The number of aromatic carboxylic acids is 1. The van der Waals surface area contributed by atoms with E-state index in [1.54, 1.807) is 29.1 Å². The van der Waals surface area contributed by atoms with Crippen LogP contribution in [0.25, 0.3) is 28.2 Å². The summed E-state index contributed by atoms with van der Waals surface area (Å²) in [6, 6.07) is 16.8. The van der Waals surface area contributed by atoms with E-state index < -0.39 is 5.97 Å². The Morgan fingerprint density at radius 2 is 1.80 bits per heavy atom. The Balaban J connectivity index is 1.56. The molecule has 0 atom stereocenters. The van der Waals surface area contributed by atoms with Crippen molar-refractivity contribution in [3.8, 4) is 28.2 Å². The lowest BCUT2D eigenvalue weighted by Crippen LogP contribution is -2.28. The van der Waals surface area contributed by atoms with Gasteiger partial charge in [-0.1, -0.05) is 76.6 Å². The molecule has 0 unspecified atom stereocenters. The van der Waals surface area contributed by atoms with Crippen LogP contribution in [-0.4, -0.2) is 45.8 Å². The van der Waals surface area contributed by atoms with Gasteiger partial charge in [-0.25, -0.2) is 14.7 Å². The van der Waals surface area contributed by atoms with Gasteiger partial charge >= 0.3 is 11.7 Å². The number of pyridine rings is 1. The number of aryl methyl sites for hydroxylation is 1. The van der Waals surface area contributed by atoms with Gasteiger partial charge in [0, 0.05) is 29.2 Å². The molecule has 41 heavy (non-hydrogen) atoms. The van der Waals surface area contributed by atoms with Crippen molar-refractivity contribution in [3.63, 3.8) is 0 Å². The maximum atomic E-state index is 14.0. The lowest BCUT2D eigenvalue weighted by Gasteiger charge is -2.24. The van der Waals surface area contributed by atoms with Crippen molar-refractivity contribution in [2.75, 3.05) is 0 Å². The Labute approximate surface area is 237 Å². The number of aromatic nitrogens is 7. The highest BCUT2D eigenvalue weighted by molar-refractivity contribution is 5.93. The number of aromatic amines is 1. The molecule has 5 aromatic rings. The lowest BCUT2D eigenvalue weighted by atomic mass is 9.84. The molecule has 0 fully saturated rings. The van der Waals surface area contributed by atoms with E-state index in [1.807, 2.05) is 63.2 Å². The van der Waals surface area contributed by atoms with Crippen LogP contribution in [0.3, 0.4) is 0 Å². The Bertz CT molecular complexity index is 1730. The third-order valence-corrected chi connectivity index (χ3v) is 7.15. The molecule has 3 heterocycles. The van der Waals surface area contributed by atoms with Gasteiger partial charge in [0.1, 0.15) is 0 Å². The van der Waals surface area contributed by atoms with Gasteiger partial charge < -0.3 is 5.11 Å². The van der Waals surface area contributed by atoms with Crippen LogP contribution in [0.5, 0.6) is 0 Å². The Kier molecular flexibility index (Phi) is 7.65. The molecule has 0 aliphatic heterocycles. The number of unbranched alkanes of at least 4 members (excludes halogenated alkanes) is 1. The average molecular weight is 552 g/mol. The molecular formula is C31H33N7O3. The number of para-hydroxylation sites is 1. The molecule has 10 nitrogen and oxygen atoms in total. The summed E-state index contributed by atoms with van der Waals surface area (Å²) < 4.78 is 3.21. The van der Waals surface area contributed by atoms with E-state index in [-0.39, 0.29) is 23.2 Å². The molecule has 0 saturated heterocycles. The van der Waals surface area contributed by atoms with Crippen molar-refractivity contribution in [3.05, 3.63) is 100.0 Å². The predicted octanol–water partition coefficient (Wildman–Crippen LogP) is 5.27. The Morgan fingerprint density at radius 3 is 2.44 bits per heavy atom. The minimum Gasteiger partial charge on any atom is -0.478 e. The van der Waals surface area contributed by atoms with E-state index in [0.29, 0.717) is 23.6 Å². The highest BCUT2D eigenvalue weighted by atomic mass is 16.4. The molecule has 0 spiro atoms. The number of benzene rings is 2. The molecule has 0 radical (unpaired) electrons. The van der Waals surface area contributed by atoms with Crippen molar-refractivity contribution in [2.24, 2.45) is 0 Å². The summed E-state index contributed by atoms with van der Waals surface area (Å²) in [4.78, 5) is 30.9. The highest BCUT2D eigenvalue weighted by Crippen LogP contribution is 2.32. The van der Waals surface area contributed by atoms with Gasteiger partial charge in [0.2, 0.25) is 0 Å². The third-order valence-electron chi connectivity index (χ3n) is 7.15. The van der Waals surface area contributed by atoms with Crippen LogP contribution >= 0.6 is 0 Å². The number of carboxylic acid groups (broad SMARTS) is 1. The highest BCUT2D eigenvalue weighted by Gasteiger charge is 2.26. The SMILES string of the molecule is CCCCc1cn(-c2c(C(=O)O)cccc2C(C)(C)C)c(=O)n1Cc1ccc(-c2ccccc2-c2nnn[nH]2)cn1. The number of carboxylic acids is 1. The van der Waals surface area contributed by atoms with Crippen molar-refractivity contribution in [2.45, 2.75) is 58.9 Å². The van der Waals surface area contributed by atoms with Gasteiger partial charge in [-0.3, -0.25) is 14.1 Å². The van der Waals surface area contributed by atoms with Crippen molar-refractivity contribution in [1.29, 1.82) is 0 Å². The second kappa shape index (κ2) is 11.3. The molecule has 2 N–H and O–H groups in total. The molecule has 10 heteroatoms. The van der Waals surface area contributed by atoms with Gasteiger partial charge in [-0.15, -0.1) is 5.10 Å². The van der Waals surface area contributed by atoms with Crippen LogP contribution in [0.4, 0.5) is 0 Å². The van der Waals surface area contributed by atoms with E-state index in [1.165, 1.54) is 4.57 Å². The summed E-state index contributed by atoms with van der Waals surface area (Å²) in [6.45, 7) is 8.41. The first-order chi connectivity index (χ1) is 19.7. The molecule has 0 aliphatic carbocycles. The number of nitrogens with zero attached hydrogens (tertiary/aromatic N) is 6. The summed E-state index contributed by atoms with van der Waals surface area (Å²) in [5.74, 6) is -0.506. The molecule has 0 amide bonds. The minimum atomic E-state index is -1.07. The van der Waals surface area contributed by atoms with Gasteiger partial charge in [0.05, 0.1) is 23.5 Å². The van der Waals surface area contributed by atoms with E-state index in [2.05, 4.69) is 27.5 Å². The zero-order valence-corrected chi connectivity index (χ0v) is 23.6. The molecule has 0 saturated carbocycles. The second-order valence-corrected chi connectivity index (χ2v) is 11.1. The Hall–Kier alpha value is -4.86. The smallest absolute Gasteiger partial charge is 0.337 e. The predicted molar refractivity (Wildman–Crippen MR) is 156 cm³/mol. The normalized spacial score (nSPS) is 11.6. The molecule has 5 rings (SSSR count). The van der Waals surface area contributed by atoms with Gasteiger partial charge in [-0.2, -0.15) is 0 Å². The summed E-state index contributed by atoms with van der Waals surface area (Å²) in [6.07, 6.45) is 6.13. The van der Waals surface area contributed by atoms with Gasteiger partial charge in [-0.05, 0) is 51.9 Å². The fourth-order valence-corrected chi connectivity index (χ4v) is 5.05.